The Kier molecular flexibility index (Phi) is 5.75. The van der Waals surface area contributed by atoms with Crippen LogP contribution in [0.4, 0.5) is 5.69 Å². The van der Waals surface area contributed by atoms with Crippen molar-refractivity contribution in [2.24, 2.45) is 0 Å². The van der Waals surface area contributed by atoms with Gasteiger partial charge in [0, 0.05) is 30.8 Å². The van der Waals surface area contributed by atoms with Crippen LogP contribution in [-0.2, 0) is 9.59 Å². The fraction of sp³-hybridized carbons (Fsp3) is 0.167. The monoisotopic (exact) mass is 388 g/mol. The molecule has 3 rings (SSSR count). The van der Waals surface area contributed by atoms with E-state index in [-0.39, 0.29) is 24.8 Å². The largest absolute Gasteiger partial charge is 0.497 e. The molecule has 134 valence electrons. The summed E-state index contributed by atoms with van der Waals surface area (Å²) < 4.78 is 10.8. The molecule has 1 aliphatic rings. The van der Waals surface area contributed by atoms with E-state index in [0.717, 1.165) is 0 Å². The van der Waals surface area contributed by atoms with E-state index in [0.29, 0.717) is 26.4 Å². The molecule has 1 fully saturated rings. The van der Waals surface area contributed by atoms with Crippen molar-refractivity contribution in [3.63, 3.8) is 0 Å². The molecule has 1 aromatic heterocycles. The van der Waals surface area contributed by atoms with Gasteiger partial charge in [-0.25, -0.2) is 0 Å². The van der Waals surface area contributed by atoms with E-state index in [1.165, 1.54) is 22.9 Å². The van der Waals surface area contributed by atoms with Gasteiger partial charge in [0.25, 0.3) is 5.91 Å². The summed E-state index contributed by atoms with van der Waals surface area (Å²) in [5, 5.41) is 2.78. The lowest BCUT2D eigenvalue weighted by Gasteiger charge is -2.14. The van der Waals surface area contributed by atoms with Crippen LogP contribution in [0.5, 0.6) is 5.75 Å². The zero-order valence-corrected chi connectivity index (χ0v) is 15.6. The van der Waals surface area contributed by atoms with Crippen molar-refractivity contribution in [3.8, 4) is 5.75 Å². The van der Waals surface area contributed by atoms with Gasteiger partial charge in [0.05, 0.1) is 18.3 Å². The second-order valence-corrected chi connectivity index (χ2v) is 7.05. The van der Waals surface area contributed by atoms with Gasteiger partial charge in [-0.05, 0) is 24.3 Å². The fourth-order valence-corrected chi connectivity index (χ4v) is 3.62. The van der Waals surface area contributed by atoms with Crippen LogP contribution in [0.15, 0.2) is 52.0 Å². The predicted octanol–water partition coefficient (Wildman–Crippen LogP) is 3.52. The van der Waals surface area contributed by atoms with Gasteiger partial charge in [0.1, 0.15) is 15.8 Å². The number of carbonyl (C=O) groups excluding carboxylic acids is 2. The highest BCUT2D eigenvalue weighted by Crippen LogP contribution is 2.32. The van der Waals surface area contributed by atoms with Crippen molar-refractivity contribution in [2.75, 3.05) is 19.0 Å². The van der Waals surface area contributed by atoms with Gasteiger partial charge >= 0.3 is 0 Å². The van der Waals surface area contributed by atoms with Gasteiger partial charge in [-0.2, -0.15) is 0 Å². The molecule has 8 heteroatoms. The number of methoxy groups -OCH3 is 1. The minimum atomic E-state index is -0.217. The second kappa shape index (κ2) is 8.20. The molecule has 2 aromatic rings. The molecule has 0 saturated carbocycles. The first-order chi connectivity index (χ1) is 12.6. The van der Waals surface area contributed by atoms with Crippen molar-refractivity contribution >= 4 is 51.9 Å². The van der Waals surface area contributed by atoms with Crippen LogP contribution < -0.4 is 10.1 Å². The molecule has 26 heavy (non-hydrogen) atoms. The Labute approximate surface area is 160 Å². The van der Waals surface area contributed by atoms with Crippen molar-refractivity contribution in [3.05, 3.63) is 53.3 Å². The Morgan fingerprint density at radius 1 is 1.38 bits per heavy atom. The number of rotatable bonds is 6. The maximum Gasteiger partial charge on any atom is 0.266 e. The molecule has 0 bridgehead atoms. The third kappa shape index (κ3) is 4.33. The smallest absolute Gasteiger partial charge is 0.266 e. The number of carbonyl (C=O) groups is 2. The van der Waals surface area contributed by atoms with E-state index >= 15 is 0 Å². The van der Waals surface area contributed by atoms with Crippen molar-refractivity contribution < 1.29 is 18.7 Å². The van der Waals surface area contributed by atoms with Gasteiger partial charge in [0.15, 0.2) is 0 Å². The van der Waals surface area contributed by atoms with E-state index in [2.05, 4.69) is 5.32 Å². The van der Waals surface area contributed by atoms with Gasteiger partial charge < -0.3 is 14.5 Å². The maximum atomic E-state index is 12.5. The summed E-state index contributed by atoms with van der Waals surface area (Å²) in [6, 6.07) is 10.6. The molecule has 6 nitrogen and oxygen atoms in total. The van der Waals surface area contributed by atoms with Gasteiger partial charge in [0.2, 0.25) is 5.91 Å². The van der Waals surface area contributed by atoms with Crippen molar-refractivity contribution in [2.45, 2.75) is 6.42 Å². The molecule has 1 saturated heterocycles. The third-order valence-electron chi connectivity index (χ3n) is 3.61. The van der Waals surface area contributed by atoms with Gasteiger partial charge in [-0.3, -0.25) is 14.5 Å². The number of hydrogen-bond acceptors (Lipinski definition) is 6. The molecule has 2 heterocycles. The Balaban J connectivity index is 1.57. The Morgan fingerprint density at radius 2 is 2.23 bits per heavy atom. The lowest BCUT2D eigenvalue weighted by atomic mass is 10.3. The molecule has 1 aromatic carbocycles. The summed E-state index contributed by atoms with van der Waals surface area (Å²) in [6.45, 7) is 0.218. The average Bonchev–Trinajstić information content (AvgIpc) is 3.22. The average molecular weight is 388 g/mol. The highest BCUT2D eigenvalue weighted by Gasteiger charge is 2.32. The SMILES string of the molecule is COc1cccc(NC(=O)CCN2C(=O)/C(=C\c3ccco3)SC2=S)c1. The molecule has 0 aliphatic carbocycles. The van der Waals surface area contributed by atoms with E-state index < -0.39 is 0 Å². The molecule has 0 unspecified atom stereocenters. The predicted molar refractivity (Wildman–Crippen MR) is 105 cm³/mol. The molecule has 1 N–H and O–H groups in total. The second-order valence-electron chi connectivity index (χ2n) is 5.38. The number of thioether (sulfide) groups is 1. The number of thiocarbonyl (C=S) groups is 1. The summed E-state index contributed by atoms with van der Waals surface area (Å²) in [7, 11) is 1.56. The summed E-state index contributed by atoms with van der Waals surface area (Å²) in [4.78, 5) is 26.5. The van der Waals surface area contributed by atoms with E-state index in [4.69, 9.17) is 21.4 Å². The van der Waals surface area contributed by atoms with Crippen LogP contribution in [0.3, 0.4) is 0 Å². The lowest BCUT2D eigenvalue weighted by molar-refractivity contribution is -0.122. The third-order valence-corrected chi connectivity index (χ3v) is 4.98. The van der Waals surface area contributed by atoms with Crippen LogP contribution in [0.25, 0.3) is 6.08 Å². The number of hydrogen-bond donors (Lipinski definition) is 1. The molecule has 1 aliphatic heterocycles. The van der Waals surface area contributed by atoms with E-state index in [1.54, 1.807) is 49.6 Å². The van der Waals surface area contributed by atoms with Crippen LogP contribution in [0.1, 0.15) is 12.2 Å². The zero-order chi connectivity index (χ0) is 18.5. The molecule has 0 spiro atoms. The van der Waals surface area contributed by atoms with E-state index in [9.17, 15) is 9.59 Å². The number of anilines is 1. The first-order valence-electron chi connectivity index (χ1n) is 7.79. The summed E-state index contributed by atoms with van der Waals surface area (Å²) in [6.07, 6.45) is 3.32. The number of benzene rings is 1. The lowest BCUT2D eigenvalue weighted by Crippen LogP contribution is -2.31. The zero-order valence-electron chi connectivity index (χ0n) is 13.9. The summed E-state index contributed by atoms with van der Waals surface area (Å²) in [5.74, 6) is 0.817. The standard InChI is InChI=1S/C18H16N2O4S2/c1-23-13-5-2-4-12(10-13)19-16(21)7-8-20-17(22)15(26-18(20)25)11-14-6-3-9-24-14/h2-6,9-11H,7-8H2,1H3,(H,19,21)/b15-11+. The maximum absolute atomic E-state index is 12.5. The quantitative estimate of drug-likeness (QED) is 0.603. The minimum Gasteiger partial charge on any atom is -0.497 e. The highest BCUT2D eigenvalue weighted by atomic mass is 32.2. The fourth-order valence-electron chi connectivity index (χ4n) is 2.33. The molecular formula is C18H16N2O4S2. The number of amides is 2. The van der Waals surface area contributed by atoms with Crippen LogP contribution in [-0.4, -0.2) is 34.7 Å². The van der Waals surface area contributed by atoms with Gasteiger partial charge in [-0.1, -0.05) is 30.0 Å². The van der Waals surface area contributed by atoms with Crippen LogP contribution in [0.2, 0.25) is 0 Å². The molecule has 2 amide bonds. The molecule has 0 radical (unpaired) electrons. The van der Waals surface area contributed by atoms with Gasteiger partial charge in [-0.15, -0.1) is 0 Å². The number of nitrogens with zero attached hydrogens (tertiary/aromatic N) is 1. The summed E-state index contributed by atoms with van der Waals surface area (Å²) >= 11 is 6.45. The van der Waals surface area contributed by atoms with Crippen molar-refractivity contribution in [1.29, 1.82) is 0 Å². The Bertz CT molecular complexity index is 862. The number of ether oxygens (including phenoxy) is 1. The number of furan rings is 1. The topological polar surface area (TPSA) is 71.8 Å². The normalized spacial score (nSPS) is 15.6. The Morgan fingerprint density at radius 3 is 2.96 bits per heavy atom. The summed E-state index contributed by atoms with van der Waals surface area (Å²) in [5.41, 5.74) is 0.637. The van der Waals surface area contributed by atoms with Crippen LogP contribution >= 0.6 is 24.0 Å². The number of nitrogens with one attached hydrogen (secondary N) is 1. The first-order valence-corrected chi connectivity index (χ1v) is 9.02. The van der Waals surface area contributed by atoms with Crippen LogP contribution in [0, 0.1) is 0 Å². The minimum absolute atomic E-state index is 0.137. The molecule has 0 atom stereocenters. The van der Waals surface area contributed by atoms with Crippen molar-refractivity contribution in [1.82, 2.24) is 4.90 Å². The highest BCUT2D eigenvalue weighted by molar-refractivity contribution is 8.26. The molecular weight excluding hydrogens is 372 g/mol. The Hall–Kier alpha value is -2.58. The van der Waals surface area contributed by atoms with E-state index in [1.807, 2.05) is 0 Å². The first kappa shape index (κ1) is 18.2.